The lowest BCUT2D eigenvalue weighted by atomic mass is 9.98. The molecule has 1 heterocycles. The molecule has 0 aromatic heterocycles. The van der Waals surface area contributed by atoms with Crippen molar-refractivity contribution >= 4 is 5.91 Å². The molecule has 2 aliphatic rings. The Kier molecular flexibility index (Phi) is 4.62. The van der Waals surface area contributed by atoms with Gasteiger partial charge in [0.2, 0.25) is 5.91 Å². The summed E-state index contributed by atoms with van der Waals surface area (Å²) in [6, 6.07) is 0. The lowest BCUT2D eigenvalue weighted by Gasteiger charge is -2.21. The summed E-state index contributed by atoms with van der Waals surface area (Å²) in [6.07, 6.45) is 5.35. The number of hydrogen-bond donors (Lipinski definition) is 1. The van der Waals surface area contributed by atoms with Crippen molar-refractivity contribution in [1.29, 1.82) is 0 Å². The van der Waals surface area contributed by atoms with Crippen LogP contribution in [0.5, 0.6) is 0 Å². The van der Waals surface area contributed by atoms with Crippen molar-refractivity contribution in [1.82, 2.24) is 10.2 Å². The Morgan fingerprint density at radius 1 is 1.39 bits per heavy atom. The van der Waals surface area contributed by atoms with Gasteiger partial charge in [-0.25, -0.2) is 0 Å². The maximum atomic E-state index is 12.3. The fraction of sp³-hybridized carbons (Fsp3) is 0.929. The highest BCUT2D eigenvalue weighted by Crippen LogP contribution is 2.34. The third-order valence-electron chi connectivity index (χ3n) is 3.93. The highest BCUT2D eigenvalue weighted by atomic mass is 16.5. The summed E-state index contributed by atoms with van der Waals surface area (Å²) >= 11 is 0. The van der Waals surface area contributed by atoms with Gasteiger partial charge in [0, 0.05) is 19.8 Å². The van der Waals surface area contributed by atoms with Crippen molar-refractivity contribution in [2.75, 3.05) is 26.4 Å². The van der Waals surface area contributed by atoms with Crippen molar-refractivity contribution in [2.24, 2.45) is 5.92 Å². The van der Waals surface area contributed by atoms with Crippen LogP contribution in [-0.2, 0) is 9.53 Å². The Labute approximate surface area is 110 Å². The summed E-state index contributed by atoms with van der Waals surface area (Å²) < 4.78 is 5.55. The van der Waals surface area contributed by atoms with Crippen molar-refractivity contribution in [3.05, 3.63) is 0 Å². The molecule has 1 saturated heterocycles. The molecular formula is C14H26N2O2. The first-order chi connectivity index (χ1) is 8.64. The minimum absolute atomic E-state index is 0.196. The number of carbonyl (C=O) groups excluding carboxylic acids is 1. The van der Waals surface area contributed by atoms with Gasteiger partial charge in [-0.1, -0.05) is 26.7 Å². The van der Waals surface area contributed by atoms with E-state index in [2.05, 4.69) is 19.2 Å². The van der Waals surface area contributed by atoms with Gasteiger partial charge in [0.05, 0.1) is 12.2 Å². The van der Waals surface area contributed by atoms with Crippen LogP contribution in [0.3, 0.4) is 0 Å². The molecule has 0 aromatic carbocycles. The minimum Gasteiger partial charge on any atom is -0.381 e. The third kappa shape index (κ3) is 3.04. The second-order valence-electron chi connectivity index (χ2n) is 6.02. The molecule has 0 aromatic rings. The van der Waals surface area contributed by atoms with E-state index in [0.29, 0.717) is 11.8 Å². The molecule has 1 N–H and O–H groups in total. The second-order valence-corrected chi connectivity index (χ2v) is 6.02. The minimum atomic E-state index is -0.196. The molecule has 0 unspecified atom stereocenters. The summed E-state index contributed by atoms with van der Waals surface area (Å²) in [5, 5.41) is 3.43. The van der Waals surface area contributed by atoms with Crippen LogP contribution in [0.1, 0.15) is 46.0 Å². The standard InChI is InChI=1S/C14H26N2O2/c1-12(2)10-18-9-5-8-16-11-15-14(13(16)17)6-3-4-7-14/h12,15H,3-11H2,1-2H3. The zero-order valence-electron chi connectivity index (χ0n) is 11.7. The van der Waals surface area contributed by atoms with Crippen LogP contribution < -0.4 is 5.32 Å². The maximum Gasteiger partial charge on any atom is 0.243 e. The Morgan fingerprint density at radius 3 is 2.78 bits per heavy atom. The molecule has 2 fully saturated rings. The molecule has 1 spiro atoms. The van der Waals surface area contributed by atoms with Gasteiger partial charge in [-0.15, -0.1) is 0 Å². The van der Waals surface area contributed by atoms with Gasteiger partial charge in [-0.2, -0.15) is 0 Å². The molecule has 2 rings (SSSR count). The first kappa shape index (κ1) is 13.8. The van der Waals surface area contributed by atoms with E-state index < -0.39 is 0 Å². The van der Waals surface area contributed by atoms with Crippen LogP contribution in [0.25, 0.3) is 0 Å². The Morgan fingerprint density at radius 2 is 2.11 bits per heavy atom. The molecule has 1 amide bonds. The van der Waals surface area contributed by atoms with Gasteiger partial charge in [0.25, 0.3) is 0 Å². The molecule has 0 radical (unpaired) electrons. The van der Waals surface area contributed by atoms with E-state index in [-0.39, 0.29) is 5.54 Å². The summed E-state index contributed by atoms with van der Waals surface area (Å²) in [4.78, 5) is 14.3. The van der Waals surface area contributed by atoms with E-state index in [1.165, 1.54) is 12.8 Å². The fourth-order valence-electron chi connectivity index (χ4n) is 2.92. The molecule has 0 bridgehead atoms. The number of ether oxygens (including phenoxy) is 1. The quantitative estimate of drug-likeness (QED) is 0.734. The molecule has 1 saturated carbocycles. The van der Waals surface area contributed by atoms with Crippen molar-refractivity contribution in [2.45, 2.75) is 51.5 Å². The summed E-state index contributed by atoms with van der Waals surface area (Å²) in [7, 11) is 0. The van der Waals surface area contributed by atoms with E-state index in [9.17, 15) is 4.79 Å². The van der Waals surface area contributed by atoms with E-state index in [1.807, 2.05) is 4.90 Å². The third-order valence-corrected chi connectivity index (χ3v) is 3.93. The topological polar surface area (TPSA) is 41.6 Å². The normalized spacial score (nSPS) is 22.6. The average molecular weight is 254 g/mol. The van der Waals surface area contributed by atoms with Crippen LogP contribution in [0.15, 0.2) is 0 Å². The fourth-order valence-corrected chi connectivity index (χ4v) is 2.92. The van der Waals surface area contributed by atoms with Crippen molar-refractivity contribution in [3.8, 4) is 0 Å². The molecule has 0 atom stereocenters. The Balaban J connectivity index is 1.67. The monoisotopic (exact) mass is 254 g/mol. The van der Waals surface area contributed by atoms with Gasteiger partial charge in [0.1, 0.15) is 0 Å². The lowest BCUT2D eigenvalue weighted by Crippen LogP contribution is -2.44. The molecule has 104 valence electrons. The molecule has 1 aliphatic carbocycles. The van der Waals surface area contributed by atoms with E-state index in [0.717, 1.165) is 45.7 Å². The van der Waals surface area contributed by atoms with Crippen molar-refractivity contribution in [3.63, 3.8) is 0 Å². The Bertz CT molecular complexity index is 286. The molecular weight excluding hydrogens is 228 g/mol. The zero-order valence-corrected chi connectivity index (χ0v) is 11.7. The van der Waals surface area contributed by atoms with Crippen LogP contribution >= 0.6 is 0 Å². The summed E-state index contributed by atoms with van der Waals surface area (Å²) in [5.74, 6) is 0.908. The maximum absolute atomic E-state index is 12.3. The zero-order chi connectivity index (χ0) is 13.0. The molecule has 4 nitrogen and oxygen atoms in total. The predicted octanol–water partition coefficient (Wildman–Crippen LogP) is 1.75. The molecule has 1 aliphatic heterocycles. The highest BCUT2D eigenvalue weighted by molar-refractivity contribution is 5.88. The van der Waals surface area contributed by atoms with Crippen LogP contribution in [-0.4, -0.2) is 42.8 Å². The SMILES string of the molecule is CC(C)COCCCN1CNC2(CCCC2)C1=O. The van der Waals surface area contributed by atoms with E-state index in [1.54, 1.807) is 0 Å². The largest absolute Gasteiger partial charge is 0.381 e. The van der Waals surface area contributed by atoms with Crippen LogP contribution in [0, 0.1) is 5.92 Å². The van der Waals surface area contributed by atoms with Crippen LogP contribution in [0.2, 0.25) is 0 Å². The summed E-state index contributed by atoms with van der Waals surface area (Å²) in [5.41, 5.74) is -0.196. The highest BCUT2D eigenvalue weighted by Gasteiger charge is 2.47. The number of carbonyl (C=O) groups is 1. The number of rotatable bonds is 6. The van der Waals surface area contributed by atoms with Gasteiger partial charge in [-0.05, 0) is 25.2 Å². The molecule has 18 heavy (non-hydrogen) atoms. The first-order valence-corrected chi connectivity index (χ1v) is 7.26. The van der Waals surface area contributed by atoms with Gasteiger partial charge >= 0.3 is 0 Å². The van der Waals surface area contributed by atoms with Crippen LogP contribution in [0.4, 0.5) is 0 Å². The number of nitrogens with zero attached hydrogens (tertiary/aromatic N) is 1. The van der Waals surface area contributed by atoms with Crippen molar-refractivity contribution < 1.29 is 9.53 Å². The van der Waals surface area contributed by atoms with E-state index >= 15 is 0 Å². The second kappa shape index (κ2) is 6.02. The smallest absolute Gasteiger partial charge is 0.243 e. The van der Waals surface area contributed by atoms with Gasteiger partial charge in [0.15, 0.2) is 0 Å². The van der Waals surface area contributed by atoms with Gasteiger partial charge in [-0.3, -0.25) is 10.1 Å². The number of nitrogens with one attached hydrogen (secondary N) is 1. The van der Waals surface area contributed by atoms with Gasteiger partial charge < -0.3 is 9.64 Å². The lowest BCUT2D eigenvalue weighted by molar-refractivity contribution is -0.132. The Hall–Kier alpha value is -0.610. The summed E-state index contributed by atoms with van der Waals surface area (Å²) in [6.45, 7) is 7.43. The predicted molar refractivity (Wildman–Crippen MR) is 71.2 cm³/mol. The number of hydrogen-bond acceptors (Lipinski definition) is 3. The average Bonchev–Trinajstić information content (AvgIpc) is 2.91. The molecule has 4 heteroatoms. The first-order valence-electron chi connectivity index (χ1n) is 7.26. The van der Waals surface area contributed by atoms with E-state index in [4.69, 9.17) is 4.74 Å². The number of amides is 1.